The first kappa shape index (κ1) is 18.6. The van der Waals surface area contributed by atoms with E-state index in [0.717, 1.165) is 0 Å². The molecule has 1 aromatic rings. The highest BCUT2D eigenvalue weighted by Crippen LogP contribution is 2.20. The van der Waals surface area contributed by atoms with Gasteiger partial charge in [-0.2, -0.15) is 4.90 Å². The first-order valence-electron chi connectivity index (χ1n) is 7.10. The van der Waals surface area contributed by atoms with Gasteiger partial charge in [-0.1, -0.05) is 0 Å². The molecular weight excluding hydrogens is 300 g/mol. The molecule has 0 aliphatic carbocycles. The fraction of sp³-hybridized carbons (Fsp3) is 0.500. The lowest BCUT2D eigenvalue weighted by Crippen LogP contribution is -2.44. The lowest BCUT2D eigenvalue weighted by Gasteiger charge is -2.28. The Morgan fingerprint density at radius 1 is 1.04 bits per heavy atom. The molecule has 0 unspecified atom stereocenters. The molecule has 0 saturated heterocycles. The van der Waals surface area contributed by atoms with E-state index >= 15 is 0 Å². The number of rotatable bonds is 2. The Balaban J connectivity index is 3.22. The fourth-order valence-electron chi connectivity index (χ4n) is 1.51. The summed E-state index contributed by atoms with van der Waals surface area (Å²) in [6.45, 7) is 10.0. The van der Waals surface area contributed by atoms with Gasteiger partial charge in [-0.15, -0.1) is 0 Å². The van der Waals surface area contributed by atoms with Gasteiger partial charge < -0.3 is 9.47 Å². The molecule has 1 aromatic heterocycles. The summed E-state index contributed by atoms with van der Waals surface area (Å²) in [5.41, 5.74) is -1.34. The van der Waals surface area contributed by atoms with Crippen molar-refractivity contribution < 1.29 is 23.9 Å². The number of carbonyl (C=O) groups is 3. The van der Waals surface area contributed by atoms with Gasteiger partial charge in [0.05, 0.1) is 0 Å². The lowest BCUT2D eigenvalue weighted by atomic mass is 10.2. The van der Waals surface area contributed by atoms with Gasteiger partial charge in [0.1, 0.15) is 23.3 Å². The minimum absolute atomic E-state index is 0.0434. The van der Waals surface area contributed by atoms with Crippen LogP contribution in [0.15, 0.2) is 18.3 Å². The first-order valence-corrected chi connectivity index (χ1v) is 7.10. The molecule has 0 fully saturated rings. The number of carbonyl (C=O) groups excluding carboxylic acids is 3. The Kier molecular flexibility index (Phi) is 5.47. The summed E-state index contributed by atoms with van der Waals surface area (Å²) in [5, 5.41) is 0. The molecule has 0 aliphatic rings. The molecule has 0 atom stereocenters. The second-order valence-corrected chi connectivity index (χ2v) is 6.86. The standard InChI is InChI=1S/C16H22N2O5/c1-15(2,3)22-13(20)18(14(21)23-16(4,5)6)12-9-11(10-19)7-8-17-12/h7-10H,1-6H3. The molecule has 1 heterocycles. The summed E-state index contributed by atoms with van der Waals surface area (Å²) < 4.78 is 10.4. The third-order valence-electron chi connectivity index (χ3n) is 2.29. The van der Waals surface area contributed by atoms with E-state index in [1.807, 2.05) is 0 Å². The number of amides is 2. The van der Waals surface area contributed by atoms with E-state index in [2.05, 4.69) is 4.98 Å². The predicted molar refractivity (Wildman–Crippen MR) is 84.6 cm³/mol. The molecule has 7 nitrogen and oxygen atoms in total. The quantitative estimate of drug-likeness (QED) is 0.774. The molecule has 0 spiro atoms. The summed E-state index contributed by atoms with van der Waals surface area (Å²) in [7, 11) is 0. The van der Waals surface area contributed by atoms with E-state index in [9.17, 15) is 14.4 Å². The SMILES string of the molecule is CC(C)(C)OC(=O)N(C(=O)OC(C)(C)C)c1cc(C=O)ccn1. The maximum Gasteiger partial charge on any atom is 0.425 e. The number of hydrogen-bond donors (Lipinski definition) is 0. The van der Waals surface area contributed by atoms with Crippen molar-refractivity contribution in [3.8, 4) is 0 Å². The monoisotopic (exact) mass is 322 g/mol. The van der Waals surface area contributed by atoms with Crippen LogP contribution in [0.4, 0.5) is 15.4 Å². The average molecular weight is 322 g/mol. The molecule has 23 heavy (non-hydrogen) atoms. The molecule has 2 amide bonds. The van der Waals surface area contributed by atoms with E-state index in [0.29, 0.717) is 11.2 Å². The van der Waals surface area contributed by atoms with Crippen LogP contribution >= 0.6 is 0 Å². The number of ether oxygens (including phenoxy) is 2. The fourth-order valence-corrected chi connectivity index (χ4v) is 1.51. The normalized spacial score (nSPS) is 11.6. The third kappa shape index (κ3) is 6.06. The summed E-state index contributed by atoms with van der Waals surface area (Å²) in [4.78, 5) is 40.2. The van der Waals surface area contributed by atoms with Gasteiger partial charge >= 0.3 is 12.2 Å². The Bertz CT molecular complexity index is 571. The van der Waals surface area contributed by atoms with Crippen molar-refractivity contribution in [1.82, 2.24) is 4.98 Å². The summed E-state index contributed by atoms with van der Waals surface area (Å²) in [5.74, 6) is -0.0434. The number of nitrogens with zero attached hydrogens (tertiary/aromatic N) is 2. The van der Waals surface area contributed by atoms with Crippen molar-refractivity contribution in [2.45, 2.75) is 52.7 Å². The molecule has 0 aromatic carbocycles. The molecule has 0 N–H and O–H groups in total. The van der Waals surface area contributed by atoms with Crippen LogP contribution in [0.2, 0.25) is 0 Å². The maximum atomic E-state index is 12.4. The Labute approximate surface area is 135 Å². The van der Waals surface area contributed by atoms with Gasteiger partial charge in [-0.25, -0.2) is 14.6 Å². The van der Waals surface area contributed by atoms with Gasteiger partial charge in [-0.3, -0.25) is 4.79 Å². The maximum absolute atomic E-state index is 12.4. The minimum Gasteiger partial charge on any atom is -0.443 e. The van der Waals surface area contributed by atoms with Crippen molar-refractivity contribution in [2.24, 2.45) is 0 Å². The van der Waals surface area contributed by atoms with Gasteiger partial charge in [-0.05, 0) is 53.7 Å². The van der Waals surface area contributed by atoms with Crippen LogP contribution in [-0.2, 0) is 9.47 Å². The van der Waals surface area contributed by atoms with Crippen LogP contribution < -0.4 is 4.90 Å². The topological polar surface area (TPSA) is 85.8 Å². The van der Waals surface area contributed by atoms with Gasteiger partial charge in [0, 0.05) is 11.8 Å². The molecule has 7 heteroatoms. The zero-order chi connectivity index (χ0) is 17.8. The van der Waals surface area contributed by atoms with Crippen LogP contribution in [0.5, 0.6) is 0 Å². The van der Waals surface area contributed by atoms with Gasteiger partial charge in [0.15, 0.2) is 0 Å². The summed E-state index contributed by atoms with van der Waals surface area (Å²) >= 11 is 0. The van der Waals surface area contributed by atoms with E-state index in [-0.39, 0.29) is 11.4 Å². The van der Waals surface area contributed by atoms with Gasteiger partial charge in [0.25, 0.3) is 0 Å². The number of aromatic nitrogens is 1. The Morgan fingerprint density at radius 3 is 1.91 bits per heavy atom. The second-order valence-electron chi connectivity index (χ2n) is 6.86. The smallest absolute Gasteiger partial charge is 0.425 e. The third-order valence-corrected chi connectivity index (χ3v) is 2.29. The van der Waals surface area contributed by atoms with Crippen molar-refractivity contribution >= 4 is 24.3 Å². The minimum atomic E-state index is -0.928. The first-order chi connectivity index (χ1) is 10.4. The van der Waals surface area contributed by atoms with Gasteiger partial charge in [0.2, 0.25) is 0 Å². The molecule has 0 saturated carbocycles. The van der Waals surface area contributed by atoms with Crippen molar-refractivity contribution in [3.63, 3.8) is 0 Å². The van der Waals surface area contributed by atoms with Crippen LogP contribution in [0.1, 0.15) is 51.9 Å². The summed E-state index contributed by atoms with van der Waals surface area (Å²) in [6, 6.07) is 2.76. The Morgan fingerprint density at radius 2 is 1.52 bits per heavy atom. The molecule has 0 bridgehead atoms. The molecular formula is C16H22N2O5. The predicted octanol–water partition coefficient (Wildman–Crippen LogP) is 3.57. The zero-order valence-corrected chi connectivity index (χ0v) is 14.2. The highest BCUT2D eigenvalue weighted by Gasteiger charge is 2.33. The number of imide groups is 1. The zero-order valence-electron chi connectivity index (χ0n) is 14.2. The van der Waals surface area contributed by atoms with E-state index in [4.69, 9.17) is 9.47 Å². The number of pyridine rings is 1. The highest BCUT2D eigenvalue weighted by molar-refractivity contribution is 6.09. The molecule has 1 rings (SSSR count). The molecule has 0 radical (unpaired) electrons. The Hall–Kier alpha value is -2.44. The van der Waals surface area contributed by atoms with Crippen molar-refractivity contribution in [1.29, 1.82) is 0 Å². The van der Waals surface area contributed by atoms with E-state index in [1.54, 1.807) is 41.5 Å². The second kappa shape index (κ2) is 6.76. The number of aldehydes is 1. The molecule has 0 aliphatic heterocycles. The lowest BCUT2D eigenvalue weighted by molar-refractivity contribution is 0.0428. The van der Waals surface area contributed by atoms with Crippen LogP contribution in [0.3, 0.4) is 0 Å². The largest absolute Gasteiger partial charge is 0.443 e. The van der Waals surface area contributed by atoms with E-state index < -0.39 is 23.4 Å². The molecule has 126 valence electrons. The highest BCUT2D eigenvalue weighted by atomic mass is 16.6. The van der Waals surface area contributed by atoms with Crippen LogP contribution in [-0.4, -0.2) is 34.7 Å². The average Bonchev–Trinajstić information content (AvgIpc) is 2.34. The number of anilines is 1. The van der Waals surface area contributed by atoms with E-state index in [1.165, 1.54) is 18.3 Å². The summed E-state index contributed by atoms with van der Waals surface area (Å²) in [6.07, 6.45) is 0.0542. The van der Waals surface area contributed by atoms with Crippen LogP contribution in [0, 0.1) is 0 Å². The number of hydrogen-bond acceptors (Lipinski definition) is 6. The van der Waals surface area contributed by atoms with Crippen LogP contribution in [0.25, 0.3) is 0 Å². The van der Waals surface area contributed by atoms with Crippen molar-refractivity contribution in [2.75, 3.05) is 4.90 Å². The van der Waals surface area contributed by atoms with Crippen molar-refractivity contribution in [3.05, 3.63) is 23.9 Å².